The van der Waals surface area contributed by atoms with Gasteiger partial charge < -0.3 is 19.5 Å². The Morgan fingerprint density at radius 1 is 1.15 bits per heavy atom. The van der Waals surface area contributed by atoms with E-state index in [0.717, 1.165) is 11.1 Å². The molecule has 1 atom stereocenters. The molecule has 0 saturated heterocycles. The second-order valence-corrected chi connectivity index (χ2v) is 8.37. The van der Waals surface area contributed by atoms with Crippen LogP contribution in [-0.2, 0) is 32.1 Å². The Labute approximate surface area is 193 Å². The van der Waals surface area contributed by atoms with Crippen LogP contribution in [0.15, 0.2) is 42.5 Å². The minimum Gasteiger partial charge on any atom is -0.489 e. The zero-order chi connectivity index (χ0) is 24.0. The van der Waals surface area contributed by atoms with Crippen molar-refractivity contribution in [1.29, 1.82) is 0 Å². The number of hydrogen-bond donors (Lipinski definition) is 1. The first-order valence-corrected chi connectivity index (χ1v) is 10.9. The Morgan fingerprint density at radius 3 is 2.64 bits per heavy atom. The molecule has 2 aromatic rings. The molecular formula is C25H30N2O6. The third-order valence-electron chi connectivity index (χ3n) is 5.19. The summed E-state index contributed by atoms with van der Waals surface area (Å²) in [5.41, 5.74) is 3.24. The first kappa shape index (κ1) is 24.1. The number of ether oxygens (including phenoxy) is 3. The molecule has 0 saturated carbocycles. The van der Waals surface area contributed by atoms with Gasteiger partial charge in [-0.25, -0.2) is 9.59 Å². The van der Waals surface area contributed by atoms with E-state index in [1.54, 1.807) is 12.1 Å². The number of anilines is 1. The number of amides is 2. The summed E-state index contributed by atoms with van der Waals surface area (Å²) in [5, 5.41) is 2.75. The highest BCUT2D eigenvalue weighted by atomic mass is 16.6. The number of esters is 1. The van der Waals surface area contributed by atoms with Crippen molar-refractivity contribution in [3.63, 3.8) is 0 Å². The molecular weight excluding hydrogens is 424 g/mol. The van der Waals surface area contributed by atoms with Crippen LogP contribution < -0.4 is 10.1 Å². The van der Waals surface area contributed by atoms with Crippen LogP contribution >= 0.6 is 0 Å². The van der Waals surface area contributed by atoms with Gasteiger partial charge in [0.2, 0.25) is 5.91 Å². The summed E-state index contributed by atoms with van der Waals surface area (Å²) in [5.74, 6) is 0.199. The molecule has 2 aromatic carbocycles. The minimum atomic E-state index is -0.859. The number of fused-ring (bicyclic) bond motifs is 1. The molecule has 0 aromatic heterocycles. The maximum Gasteiger partial charge on any atom is 0.410 e. The zero-order valence-electron chi connectivity index (χ0n) is 19.4. The second kappa shape index (κ2) is 10.8. The van der Waals surface area contributed by atoms with Gasteiger partial charge in [0.25, 0.3) is 0 Å². The first-order valence-electron chi connectivity index (χ1n) is 10.9. The van der Waals surface area contributed by atoms with Crippen molar-refractivity contribution in [1.82, 2.24) is 4.90 Å². The van der Waals surface area contributed by atoms with Gasteiger partial charge in [0.1, 0.15) is 12.4 Å². The first-order chi connectivity index (χ1) is 15.8. The van der Waals surface area contributed by atoms with Gasteiger partial charge in [-0.05, 0) is 53.3 Å². The number of nitrogens with one attached hydrogen (secondary N) is 1. The number of benzene rings is 2. The van der Waals surface area contributed by atoms with E-state index < -0.39 is 18.1 Å². The molecule has 8 nitrogen and oxygen atoms in total. The summed E-state index contributed by atoms with van der Waals surface area (Å²) in [6, 6.07) is 12.0. The van der Waals surface area contributed by atoms with E-state index in [1.807, 2.05) is 44.2 Å². The predicted octanol–water partition coefficient (Wildman–Crippen LogP) is 4.09. The van der Waals surface area contributed by atoms with E-state index in [-0.39, 0.29) is 18.4 Å². The Hall–Kier alpha value is -3.55. The van der Waals surface area contributed by atoms with Crippen molar-refractivity contribution in [3.05, 3.63) is 59.2 Å². The van der Waals surface area contributed by atoms with Gasteiger partial charge in [0, 0.05) is 19.2 Å². The van der Waals surface area contributed by atoms with Gasteiger partial charge in [-0.3, -0.25) is 9.69 Å². The molecule has 8 heteroatoms. The lowest BCUT2D eigenvalue weighted by atomic mass is 9.92. The van der Waals surface area contributed by atoms with Gasteiger partial charge in [-0.1, -0.05) is 32.0 Å². The van der Waals surface area contributed by atoms with Crippen molar-refractivity contribution >= 4 is 23.7 Å². The number of rotatable bonds is 7. The lowest BCUT2D eigenvalue weighted by molar-refractivity contribution is -0.147. The van der Waals surface area contributed by atoms with E-state index in [9.17, 15) is 14.4 Å². The molecule has 176 valence electrons. The van der Waals surface area contributed by atoms with Crippen LogP contribution in [0.25, 0.3) is 0 Å². The third-order valence-corrected chi connectivity index (χ3v) is 5.19. The van der Waals surface area contributed by atoms with E-state index in [2.05, 4.69) is 5.32 Å². The average molecular weight is 455 g/mol. The van der Waals surface area contributed by atoms with Gasteiger partial charge in [0.15, 0.2) is 6.04 Å². The maximum absolute atomic E-state index is 12.6. The zero-order valence-corrected chi connectivity index (χ0v) is 19.4. The van der Waals surface area contributed by atoms with Gasteiger partial charge in [-0.15, -0.1) is 0 Å². The fourth-order valence-electron chi connectivity index (χ4n) is 3.69. The highest BCUT2D eigenvalue weighted by molar-refractivity contribution is 5.88. The summed E-state index contributed by atoms with van der Waals surface area (Å²) in [4.78, 5) is 37.8. The maximum atomic E-state index is 12.6. The molecule has 1 N–H and O–H groups in total. The van der Waals surface area contributed by atoms with E-state index >= 15 is 0 Å². The number of carbonyl (C=O) groups is 3. The number of nitrogens with zero attached hydrogens (tertiary/aromatic N) is 1. The molecule has 0 bridgehead atoms. The Morgan fingerprint density at radius 2 is 1.94 bits per heavy atom. The van der Waals surface area contributed by atoms with E-state index in [1.165, 1.54) is 18.9 Å². The molecule has 33 heavy (non-hydrogen) atoms. The number of carbonyl (C=O) groups excluding carboxylic acids is 3. The standard InChI is InChI=1S/C25H30N2O6/c1-16(2)14-33-25(30)27-11-10-19-13-21(8-9-22(19)23(27)24(29)31-4)32-15-18-6-5-7-20(12-18)26-17(3)28/h5-9,12-13,16,23H,10-11,14-15H2,1-4H3,(H,26,28). The van der Waals surface area contributed by atoms with Crippen LogP contribution in [0.4, 0.5) is 10.5 Å². The van der Waals surface area contributed by atoms with Crippen LogP contribution in [-0.4, -0.2) is 43.1 Å². The van der Waals surface area contributed by atoms with Crippen LogP contribution in [0.2, 0.25) is 0 Å². The predicted molar refractivity (Wildman–Crippen MR) is 123 cm³/mol. The smallest absolute Gasteiger partial charge is 0.410 e. The van der Waals surface area contributed by atoms with Crippen molar-refractivity contribution in [2.24, 2.45) is 5.92 Å². The van der Waals surface area contributed by atoms with Crippen LogP contribution in [0.5, 0.6) is 5.75 Å². The molecule has 0 fully saturated rings. The Balaban J connectivity index is 1.75. The summed E-state index contributed by atoms with van der Waals surface area (Å²) in [6.07, 6.45) is 0.0404. The average Bonchev–Trinajstić information content (AvgIpc) is 2.79. The molecule has 1 heterocycles. The summed E-state index contributed by atoms with van der Waals surface area (Å²) >= 11 is 0. The largest absolute Gasteiger partial charge is 0.489 e. The molecule has 2 amide bonds. The normalized spacial score (nSPS) is 14.9. The van der Waals surface area contributed by atoms with E-state index in [4.69, 9.17) is 14.2 Å². The summed E-state index contributed by atoms with van der Waals surface area (Å²) in [7, 11) is 1.31. The van der Waals surface area contributed by atoms with Gasteiger partial charge >= 0.3 is 12.1 Å². The Kier molecular flexibility index (Phi) is 7.92. The van der Waals surface area contributed by atoms with Crippen LogP contribution in [0, 0.1) is 5.92 Å². The van der Waals surface area contributed by atoms with Gasteiger partial charge in [0.05, 0.1) is 13.7 Å². The van der Waals surface area contributed by atoms with Gasteiger partial charge in [-0.2, -0.15) is 0 Å². The summed E-state index contributed by atoms with van der Waals surface area (Å²) < 4.78 is 16.3. The molecule has 0 spiro atoms. The molecule has 0 radical (unpaired) electrons. The van der Waals surface area contributed by atoms with Crippen molar-refractivity contribution < 1.29 is 28.6 Å². The van der Waals surface area contributed by atoms with E-state index in [0.29, 0.717) is 36.6 Å². The highest BCUT2D eigenvalue weighted by Crippen LogP contribution is 2.34. The quantitative estimate of drug-likeness (QED) is 0.634. The van der Waals surface area contributed by atoms with Crippen LogP contribution in [0.3, 0.4) is 0 Å². The minimum absolute atomic E-state index is 0.134. The lowest BCUT2D eigenvalue weighted by Gasteiger charge is -2.35. The topological polar surface area (TPSA) is 94.2 Å². The number of methoxy groups -OCH3 is 1. The number of hydrogen-bond acceptors (Lipinski definition) is 6. The van der Waals surface area contributed by atoms with Crippen molar-refractivity contribution in [2.75, 3.05) is 25.6 Å². The van der Waals surface area contributed by atoms with Crippen molar-refractivity contribution in [2.45, 2.75) is 39.8 Å². The molecule has 1 aliphatic rings. The Bertz CT molecular complexity index is 1020. The second-order valence-electron chi connectivity index (χ2n) is 8.37. The molecule has 0 aliphatic carbocycles. The van der Waals surface area contributed by atoms with Crippen LogP contribution in [0.1, 0.15) is 43.5 Å². The summed E-state index contributed by atoms with van der Waals surface area (Å²) in [6.45, 7) is 6.31. The molecule has 1 aliphatic heterocycles. The third kappa shape index (κ3) is 6.25. The molecule has 1 unspecified atom stereocenters. The monoisotopic (exact) mass is 454 g/mol. The highest BCUT2D eigenvalue weighted by Gasteiger charge is 2.37. The van der Waals surface area contributed by atoms with Crippen molar-refractivity contribution in [3.8, 4) is 5.75 Å². The fraction of sp³-hybridized carbons (Fsp3) is 0.400. The fourth-order valence-corrected chi connectivity index (χ4v) is 3.69. The molecule has 3 rings (SSSR count). The lowest BCUT2D eigenvalue weighted by Crippen LogP contribution is -2.44. The SMILES string of the molecule is COC(=O)C1c2ccc(OCc3cccc(NC(C)=O)c3)cc2CCN1C(=O)OCC(C)C.